The van der Waals surface area contributed by atoms with Crippen molar-refractivity contribution in [3.63, 3.8) is 0 Å². The lowest BCUT2D eigenvalue weighted by Crippen LogP contribution is -2.37. The van der Waals surface area contributed by atoms with Crippen LogP contribution in [0.4, 0.5) is 0 Å². The highest BCUT2D eigenvalue weighted by Crippen LogP contribution is 2.40. The predicted molar refractivity (Wildman–Crippen MR) is 77.6 cm³/mol. The van der Waals surface area contributed by atoms with Crippen LogP contribution < -0.4 is 5.32 Å². The summed E-state index contributed by atoms with van der Waals surface area (Å²) in [6, 6.07) is 0. The second kappa shape index (κ2) is 7.86. The Morgan fingerprint density at radius 3 is 2.73 bits per heavy atom. The fraction of sp³-hybridized carbons (Fsp3) is 0.786. The van der Waals surface area contributed by atoms with Gasteiger partial charge in [-0.3, -0.25) is 9.59 Å². The third-order valence-electron chi connectivity index (χ3n) is 4.22. The van der Waals surface area contributed by atoms with Crippen LogP contribution in [0.5, 0.6) is 0 Å². The molecule has 1 fully saturated rings. The molecular weight excluding hydrogens is 286 g/mol. The van der Waals surface area contributed by atoms with Gasteiger partial charge >= 0.3 is 5.97 Å². The van der Waals surface area contributed by atoms with Gasteiger partial charge < -0.3 is 10.1 Å². The van der Waals surface area contributed by atoms with Gasteiger partial charge in [-0.2, -0.15) is 0 Å². The summed E-state index contributed by atoms with van der Waals surface area (Å²) in [6.07, 6.45) is 7.67. The minimum absolute atomic E-state index is 0.0288. The maximum Gasteiger partial charge on any atom is 0.307 e. The van der Waals surface area contributed by atoms with Crippen LogP contribution in [0.3, 0.4) is 0 Å². The highest BCUT2D eigenvalue weighted by Gasteiger charge is 2.35. The Balaban J connectivity index is 1.88. The third kappa shape index (κ3) is 4.78. The number of ether oxygens (including phenoxy) is 1. The predicted octanol–water partition coefficient (Wildman–Crippen LogP) is 0.693. The number of tetrazole rings is 1. The van der Waals surface area contributed by atoms with Gasteiger partial charge in [0, 0.05) is 13.0 Å². The third-order valence-corrected chi connectivity index (χ3v) is 4.22. The lowest BCUT2D eigenvalue weighted by Gasteiger charge is -2.36. The van der Waals surface area contributed by atoms with Crippen LogP contribution >= 0.6 is 0 Å². The molecule has 0 spiro atoms. The van der Waals surface area contributed by atoms with Crippen LogP contribution in [0.25, 0.3) is 0 Å². The number of carbonyl (C=O) groups excluding carboxylic acids is 2. The molecule has 1 aromatic rings. The van der Waals surface area contributed by atoms with E-state index >= 15 is 0 Å². The fourth-order valence-electron chi connectivity index (χ4n) is 3.10. The molecule has 0 unspecified atom stereocenters. The van der Waals surface area contributed by atoms with Gasteiger partial charge in [0.2, 0.25) is 5.91 Å². The largest absolute Gasteiger partial charge is 0.469 e. The van der Waals surface area contributed by atoms with E-state index in [4.69, 9.17) is 0 Å². The minimum Gasteiger partial charge on any atom is -0.469 e. The maximum atomic E-state index is 12.2. The Morgan fingerprint density at radius 1 is 1.32 bits per heavy atom. The molecule has 0 aromatic carbocycles. The number of methoxy groups -OCH3 is 1. The molecule has 1 amide bonds. The van der Waals surface area contributed by atoms with Gasteiger partial charge in [0.25, 0.3) is 0 Å². The van der Waals surface area contributed by atoms with Gasteiger partial charge in [-0.05, 0) is 28.7 Å². The summed E-state index contributed by atoms with van der Waals surface area (Å²) >= 11 is 0. The number of rotatable bonds is 7. The molecule has 8 heteroatoms. The summed E-state index contributed by atoms with van der Waals surface area (Å²) < 4.78 is 6.26. The number of esters is 1. The van der Waals surface area contributed by atoms with E-state index in [1.807, 2.05) is 0 Å². The minimum atomic E-state index is -0.318. The summed E-state index contributed by atoms with van der Waals surface area (Å²) in [4.78, 5) is 23.2. The van der Waals surface area contributed by atoms with Gasteiger partial charge in [0.15, 0.2) is 0 Å². The second-order valence-corrected chi connectivity index (χ2v) is 5.92. The molecule has 22 heavy (non-hydrogen) atoms. The van der Waals surface area contributed by atoms with Crippen LogP contribution in [0.2, 0.25) is 0 Å². The van der Waals surface area contributed by atoms with Crippen molar-refractivity contribution in [2.24, 2.45) is 5.41 Å². The van der Waals surface area contributed by atoms with E-state index in [9.17, 15) is 9.59 Å². The molecule has 122 valence electrons. The standard InChI is InChI=1S/C14H23N5O3/c1-22-13(21)5-8-15-12(20)9-14(6-3-2-4-7-14)10-19-11-16-17-18-19/h11H,2-10H2,1H3,(H,15,20). The van der Waals surface area contributed by atoms with Crippen molar-refractivity contribution in [1.82, 2.24) is 25.5 Å². The second-order valence-electron chi connectivity index (χ2n) is 5.92. The maximum absolute atomic E-state index is 12.2. The van der Waals surface area contributed by atoms with Gasteiger partial charge in [-0.25, -0.2) is 4.68 Å². The Labute approximate surface area is 129 Å². The van der Waals surface area contributed by atoms with Crippen molar-refractivity contribution >= 4 is 11.9 Å². The summed E-state index contributed by atoms with van der Waals surface area (Å²) in [5, 5.41) is 14.0. The highest BCUT2D eigenvalue weighted by molar-refractivity contribution is 5.77. The topological polar surface area (TPSA) is 99.0 Å². The number of hydrogen-bond donors (Lipinski definition) is 1. The lowest BCUT2D eigenvalue weighted by molar-refractivity contribution is -0.140. The number of nitrogens with one attached hydrogen (secondary N) is 1. The Kier molecular flexibility index (Phi) is 5.85. The first-order valence-corrected chi connectivity index (χ1v) is 7.68. The lowest BCUT2D eigenvalue weighted by atomic mass is 9.71. The average Bonchev–Trinajstić information content (AvgIpc) is 3.00. The summed E-state index contributed by atoms with van der Waals surface area (Å²) in [6.45, 7) is 0.969. The van der Waals surface area contributed by atoms with Crippen molar-refractivity contribution in [2.45, 2.75) is 51.5 Å². The van der Waals surface area contributed by atoms with E-state index in [1.54, 1.807) is 11.0 Å². The summed E-state index contributed by atoms with van der Waals surface area (Å²) in [5.74, 6) is -0.347. The quantitative estimate of drug-likeness (QED) is 0.744. The zero-order valence-corrected chi connectivity index (χ0v) is 13.0. The average molecular weight is 309 g/mol. The SMILES string of the molecule is COC(=O)CCNC(=O)CC1(Cn2cnnn2)CCCCC1. The number of amides is 1. The highest BCUT2D eigenvalue weighted by atomic mass is 16.5. The van der Waals surface area contributed by atoms with E-state index in [0.717, 1.165) is 25.7 Å². The van der Waals surface area contributed by atoms with Crippen molar-refractivity contribution in [3.8, 4) is 0 Å². The van der Waals surface area contributed by atoms with E-state index in [1.165, 1.54) is 13.5 Å². The Morgan fingerprint density at radius 2 is 2.09 bits per heavy atom. The molecule has 8 nitrogen and oxygen atoms in total. The Hall–Kier alpha value is -1.99. The molecular formula is C14H23N5O3. The van der Waals surface area contributed by atoms with Crippen LogP contribution in [0, 0.1) is 5.41 Å². The first-order valence-electron chi connectivity index (χ1n) is 7.68. The molecule has 1 saturated carbocycles. The van der Waals surface area contributed by atoms with Crippen LogP contribution in [0.15, 0.2) is 6.33 Å². The van der Waals surface area contributed by atoms with E-state index in [-0.39, 0.29) is 23.7 Å². The van der Waals surface area contributed by atoms with Gasteiger partial charge in [-0.1, -0.05) is 19.3 Å². The number of aromatic nitrogens is 4. The van der Waals surface area contributed by atoms with Crippen LogP contribution in [-0.2, 0) is 20.9 Å². The normalized spacial score (nSPS) is 17.0. The van der Waals surface area contributed by atoms with E-state index in [0.29, 0.717) is 19.5 Å². The van der Waals surface area contributed by atoms with Crippen molar-refractivity contribution in [2.75, 3.05) is 13.7 Å². The first-order chi connectivity index (χ1) is 10.6. The fourth-order valence-corrected chi connectivity index (χ4v) is 3.10. The Bertz CT molecular complexity index is 483. The molecule has 1 aliphatic rings. The zero-order valence-electron chi connectivity index (χ0n) is 13.0. The number of carbonyl (C=O) groups is 2. The zero-order chi connectivity index (χ0) is 15.8. The molecule has 2 rings (SSSR count). The smallest absolute Gasteiger partial charge is 0.307 e. The van der Waals surface area contributed by atoms with E-state index in [2.05, 4.69) is 25.6 Å². The number of hydrogen-bond acceptors (Lipinski definition) is 6. The van der Waals surface area contributed by atoms with Crippen LogP contribution in [0.1, 0.15) is 44.9 Å². The van der Waals surface area contributed by atoms with Crippen molar-refractivity contribution < 1.29 is 14.3 Å². The monoisotopic (exact) mass is 309 g/mol. The first kappa shape index (κ1) is 16.4. The molecule has 0 saturated heterocycles. The van der Waals surface area contributed by atoms with Gasteiger partial charge in [0.05, 0.1) is 20.1 Å². The van der Waals surface area contributed by atoms with E-state index < -0.39 is 0 Å². The van der Waals surface area contributed by atoms with Crippen molar-refractivity contribution in [3.05, 3.63) is 6.33 Å². The van der Waals surface area contributed by atoms with Crippen molar-refractivity contribution in [1.29, 1.82) is 0 Å². The molecule has 1 N–H and O–H groups in total. The molecule has 0 bridgehead atoms. The van der Waals surface area contributed by atoms with Gasteiger partial charge in [0.1, 0.15) is 6.33 Å². The molecule has 0 radical (unpaired) electrons. The molecule has 0 atom stereocenters. The summed E-state index contributed by atoms with van der Waals surface area (Å²) in [5.41, 5.74) is -0.0943. The van der Waals surface area contributed by atoms with Crippen LogP contribution in [-0.4, -0.2) is 45.7 Å². The summed E-state index contributed by atoms with van der Waals surface area (Å²) in [7, 11) is 1.34. The number of nitrogens with zero attached hydrogens (tertiary/aromatic N) is 4. The molecule has 1 aromatic heterocycles. The molecule has 1 heterocycles. The van der Waals surface area contributed by atoms with Gasteiger partial charge in [-0.15, -0.1) is 5.10 Å². The molecule has 0 aliphatic heterocycles. The molecule has 1 aliphatic carbocycles.